The van der Waals surface area contributed by atoms with Crippen molar-refractivity contribution in [1.29, 1.82) is 0 Å². The zero-order valence-electron chi connectivity index (χ0n) is 2.74. The van der Waals surface area contributed by atoms with Gasteiger partial charge in [0.1, 0.15) is 0 Å². The normalized spacial score (nSPS) is 10.8. The van der Waals surface area contributed by atoms with E-state index in [2.05, 4.69) is 0 Å². The van der Waals surface area contributed by atoms with Crippen molar-refractivity contribution in [2.24, 2.45) is 0 Å². The maximum Gasteiger partial charge on any atom is 0.0478 e. The molecule has 0 rings (SSSR count). The lowest BCUT2D eigenvalue weighted by Gasteiger charge is -1.77. The van der Waals surface area contributed by atoms with E-state index in [1.54, 1.807) is 0 Å². The molecule has 0 aliphatic rings. The molecule has 3 heteroatoms. The van der Waals surface area contributed by atoms with Crippen LogP contribution in [0, 0.1) is 0 Å². The first-order valence-corrected chi connectivity index (χ1v) is 3.58. The molecule has 1 unspecified atom stereocenters. The second-order valence-electron chi connectivity index (χ2n) is 0.607. The lowest BCUT2D eigenvalue weighted by atomic mass is 10.9. The number of hydrogen-bond acceptors (Lipinski definition) is 1. The number of halogens is 1. The van der Waals surface area contributed by atoms with E-state index in [4.69, 9.17) is 16.3 Å². The SMILES string of the molecule is OCCPCl. The third-order valence-electron chi connectivity index (χ3n) is 0.206. The highest BCUT2D eigenvalue weighted by atomic mass is 35.7. The van der Waals surface area contributed by atoms with Crippen molar-refractivity contribution in [2.75, 3.05) is 12.8 Å². The fourth-order valence-electron chi connectivity index (χ4n) is 0.0423. The van der Waals surface area contributed by atoms with Crippen molar-refractivity contribution < 1.29 is 5.11 Å². The molecule has 0 radical (unpaired) electrons. The molecule has 0 bridgehead atoms. The van der Waals surface area contributed by atoms with E-state index in [0.29, 0.717) is 7.93 Å². The van der Waals surface area contributed by atoms with Gasteiger partial charge >= 0.3 is 0 Å². The average Bonchev–Trinajstić information content (AvgIpc) is 1.41. The van der Waals surface area contributed by atoms with Crippen LogP contribution in [-0.2, 0) is 0 Å². The van der Waals surface area contributed by atoms with Crippen LogP contribution in [0.4, 0.5) is 0 Å². The summed E-state index contributed by atoms with van der Waals surface area (Å²) in [6.07, 6.45) is 0.738. The standard InChI is InChI=1S/C2H6ClOP/c3-5-2-1-4/h4-5H,1-2H2. The highest BCUT2D eigenvalue weighted by Gasteiger charge is 1.71. The fraction of sp³-hybridized carbons (Fsp3) is 1.00. The first-order chi connectivity index (χ1) is 2.41. The topological polar surface area (TPSA) is 20.2 Å². The summed E-state index contributed by atoms with van der Waals surface area (Å²) in [6, 6.07) is 0. The minimum absolute atomic E-state index is 0.224. The molecule has 0 aromatic rings. The summed E-state index contributed by atoms with van der Waals surface area (Å²) < 4.78 is 0. The van der Waals surface area contributed by atoms with E-state index in [1.807, 2.05) is 0 Å². The quantitative estimate of drug-likeness (QED) is 0.524. The highest BCUT2D eigenvalue weighted by Crippen LogP contribution is 2.12. The Hall–Kier alpha value is 0.680. The highest BCUT2D eigenvalue weighted by molar-refractivity contribution is 7.68. The summed E-state index contributed by atoms with van der Waals surface area (Å²) in [5, 5.41) is 7.99. The van der Waals surface area contributed by atoms with E-state index in [9.17, 15) is 0 Å². The fourth-order valence-corrected chi connectivity index (χ4v) is 0.380. The summed E-state index contributed by atoms with van der Waals surface area (Å²) in [6.45, 7) is 0.224. The van der Waals surface area contributed by atoms with Gasteiger partial charge in [-0.15, -0.1) is 11.2 Å². The Kier molecular flexibility index (Phi) is 5.32. The summed E-state index contributed by atoms with van der Waals surface area (Å²) in [5.74, 6) is 0. The largest absolute Gasteiger partial charge is 0.396 e. The van der Waals surface area contributed by atoms with Crippen molar-refractivity contribution >= 4 is 19.2 Å². The Morgan fingerprint density at radius 1 is 1.80 bits per heavy atom. The molecule has 0 aliphatic carbocycles. The van der Waals surface area contributed by atoms with Gasteiger partial charge in [-0.1, -0.05) is 0 Å². The minimum atomic E-state index is 0.224. The summed E-state index contributed by atoms with van der Waals surface area (Å²) in [4.78, 5) is 0. The van der Waals surface area contributed by atoms with Crippen LogP contribution in [0.25, 0.3) is 0 Å². The third-order valence-corrected chi connectivity index (χ3v) is 1.19. The smallest absolute Gasteiger partial charge is 0.0478 e. The Balaban J connectivity index is 2.19. The van der Waals surface area contributed by atoms with Crippen LogP contribution in [0.1, 0.15) is 0 Å². The molecule has 1 atom stereocenters. The van der Waals surface area contributed by atoms with Crippen molar-refractivity contribution in [3.05, 3.63) is 0 Å². The van der Waals surface area contributed by atoms with Crippen LogP contribution < -0.4 is 0 Å². The van der Waals surface area contributed by atoms with Gasteiger partial charge in [-0.2, -0.15) is 0 Å². The average molecular weight is 112 g/mol. The molecule has 0 heterocycles. The molecule has 1 N–H and O–H groups in total. The van der Waals surface area contributed by atoms with Gasteiger partial charge in [-0.05, 0) is 7.93 Å². The Labute approximate surface area is 37.9 Å². The summed E-state index contributed by atoms with van der Waals surface area (Å²) in [7, 11) is 0.380. The van der Waals surface area contributed by atoms with E-state index >= 15 is 0 Å². The van der Waals surface area contributed by atoms with E-state index in [-0.39, 0.29) is 6.61 Å². The molecule has 0 saturated heterocycles. The Morgan fingerprint density at radius 2 is 2.40 bits per heavy atom. The van der Waals surface area contributed by atoms with Gasteiger partial charge in [-0.25, -0.2) is 0 Å². The molecular weight excluding hydrogens is 106 g/mol. The Morgan fingerprint density at radius 3 is 2.40 bits per heavy atom. The van der Waals surface area contributed by atoms with Crippen LogP contribution in [0.2, 0.25) is 0 Å². The van der Waals surface area contributed by atoms with Crippen LogP contribution in [-0.4, -0.2) is 17.9 Å². The van der Waals surface area contributed by atoms with Crippen molar-refractivity contribution in [3.8, 4) is 0 Å². The Bertz CT molecular complexity index is 17.1. The van der Waals surface area contributed by atoms with Crippen molar-refractivity contribution in [3.63, 3.8) is 0 Å². The van der Waals surface area contributed by atoms with Gasteiger partial charge in [0.2, 0.25) is 0 Å². The molecule has 0 aliphatic heterocycles. The molecule has 0 amide bonds. The minimum Gasteiger partial charge on any atom is -0.396 e. The summed E-state index contributed by atoms with van der Waals surface area (Å²) >= 11 is 5.17. The van der Waals surface area contributed by atoms with Gasteiger partial charge in [0.05, 0.1) is 0 Å². The van der Waals surface area contributed by atoms with Gasteiger partial charge in [0, 0.05) is 12.8 Å². The second kappa shape index (κ2) is 4.68. The number of rotatable bonds is 2. The predicted octanol–water partition coefficient (Wildman–Crippen LogP) is 0.811. The first kappa shape index (κ1) is 5.68. The first-order valence-electron chi connectivity index (χ1n) is 1.36. The maximum atomic E-state index is 7.99. The monoisotopic (exact) mass is 112 g/mol. The summed E-state index contributed by atoms with van der Waals surface area (Å²) in [5.41, 5.74) is 0. The van der Waals surface area contributed by atoms with E-state index in [0.717, 1.165) is 6.16 Å². The zero-order chi connectivity index (χ0) is 4.12. The van der Waals surface area contributed by atoms with Crippen LogP contribution >= 0.6 is 19.2 Å². The van der Waals surface area contributed by atoms with Crippen molar-refractivity contribution in [2.45, 2.75) is 0 Å². The molecular formula is C2H6ClOP. The number of hydrogen-bond donors (Lipinski definition) is 1. The zero-order valence-corrected chi connectivity index (χ0v) is 4.50. The van der Waals surface area contributed by atoms with Crippen LogP contribution in [0.5, 0.6) is 0 Å². The van der Waals surface area contributed by atoms with E-state index < -0.39 is 0 Å². The lowest BCUT2D eigenvalue weighted by molar-refractivity contribution is 0.322. The lowest BCUT2D eigenvalue weighted by Crippen LogP contribution is -1.77. The molecule has 1 nitrogen and oxygen atoms in total. The maximum absolute atomic E-state index is 7.99. The van der Waals surface area contributed by atoms with Crippen molar-refractivity contribution in [1.82, 2.24) is 0 Å². The van der Waals surface area contributed by atoms with Crippen LogP contribution in [0.3, 0.4) is 0 Å². The molecule has 0 saturated carbocycles. The molecule has 5 heavy (non-hydrogen) atoms. The van der Waals surface area contributed by atoms with Gasteiger partial charge in [0.15, 0.2) is 0 Å². The molecule has 0 spiro atoms. The van der Waals surface area contributed by atoms with Gasteiger partial charge in [0.25, 0.3) is 0 Å². The molecule has 32 valence electrons. The van der Waals surface area contributed by atoms with E-state index in [1.165, 1.54) is 0 Å². The molecule has 0 aromatic heterocycles. The number of aliphatic hydroxyl groups is 1. The van der Waals surface area contributed by atoms with Gasteiger partial charge in [-0.3, -0.25) is 0 Å². The second-order valence-corrected chi connectivity index (χ2v) is 2.18. The number of aliphatic hydroxyl groups excluding tert-OH is 1. The van der Waals surface area contributed by atoms with Crippen LogP contribution in [0.15, 0.2) is 0 Å². The third kappa shape index (κ3) is 4.68. The molecule has 0 aromatic carbocycles. The van der Waals surface area contributed by atoms with Gasteiger partial charge < -0.3 is 5.11 Å². The predicted molar refractivity (Wildman–Crippen MR) is 26.1 cm³/mol. The molecule has 0 fully saturated rings.